The summed E-state index contributed by atoms with van der Waals surface area (Å²) in [6.07, 6.45) is -24.8. The minimum atomic E-state index is -1.78. The average molecular weight is 1040 g/mol. The van der Waals surface area contributed by atoms with E-state index in [9.17, 15) is 81.1 Å². The second kappa shape index (κ2) is 26.5. The van der Waals surface area contributed by atoms with Crippen LogP contribution in [0.4, 0.5) is 11.4 Å². The van der Waals surface area contributed by atoms with Gasteiger partial charge < -0.3 is 111 Å². The maximum atomic E-state index is 12.7. The largest absolute Gasteiger partial charge is 0.394 e. The van der Waals surface area contributed by atoms with Crippen molar-refractivity contribution in [3.05, 3.63) is 48.5 Å². The van der Waals surface area contributed by atoms with Crippen molar-refractivity contribution < 1.29 is 110 Å². The van der Waals surface area contributed by atoms with E-state index in [2.05, 4.69) is 10.6 Å². The molecule has 4 aliphatic heterocycles. The summed E-state index contributed by atoms with van der Waals surface area (Å²) >= 11 is 2.07. The fourth-order valence-electron chi connectivity index (χ4n) is 8.18. The number of benzene rings is 2. The first kappa shape index (κ1) is 56.6. The van der Waals surface area contributed by atoms with Gasteiger partial charge in [-0.2, -0.15) is 0 Å². The number of aliphatic hydroxyl groups is 14. The van der Waals surface area contributed by atoms with Crippen molar-refractivity contribution in [2.45, 2.75) is 169 Å². The lowest BCUT2D eigenvalue weighted by Crippen LogP contribution is -2.64. The number of nitrogens with one attached hydrogen (secondary N) is 2. The Morgan fingerprint density at radius 1 is 0.429 bits per heavy atom. The van der Waals surface area contributed by atoms with E-state index in [1.54, 1.807) is 48.5 Å². The van der Waals surface area contributed by atoms with Crippen molar-refractivity contribution in [2.24, 2.45) is 0 Å². The van der Waals surface area contributed by atoms with Gasteiger partial charge in [-0.25, -0.2) is 0 Å². The maximum absolute atomic E-state index is 12.7. The number of hydrogen-bond donors (Lipinski definition) is 16. The maximum Gasteiger partial charge on any atom is 0.224 e. The van der Waals surface area contributed by atoms with Crippen molar-refractivity contribution in [3.63, 3.8) is 0 Å². The van der Waals surface area contributed by atoms with Gasteiger partial charge in [0.2, 0.25) is 11.8 Å². The molecule has 4 aliphatic rings. The number of carbonyl (C=O) groups excluding carboxylic acids is 2. The minimum Gasteiger partial charge on any atom is -0.394 e. The van der Waals surface area contributed by atoms with Crippen LogP contribution in [0.5, 0.6) is 0 Å². The minimum absolute atomic E-state index is 0.218. The van der Waals surface area contributed by atoms with E-state index in [1.807, 2.05) is 0 Å². The second-order valence-corrected chi connectivity index (χ2v) is 19.6. The van der Waals surface area contributed by atoms with Crippen LogP contribution in [-0.2, 0) is 38.0 Å². The third-order valence-corrected chi connectivity index (χ3v) is 14.6. The zero-order valence-corrected chi connectivity index (χ0v) is 39.2. The zero-order chi connectivity index (χ0) is 50.8. The van der Waals surface area contributed by atoms with Crippen LogP contribution in [0.25, 0.3) is 0 Å². The third kappa shape index (κ3) is 14.1. The van der Waals surface area contributed by atoms with Gasteiger partial charge in [-0.05, 0) is 61.4 Å². The Labute approximate surface area is 410 Å². The molecule has 4 fully saturated rings. The molecule has 2 amide bonds. The highest BCUT2D eigenvalue weighted by Crippen LogP contribution is 2.38. The van der Waals surface area contributed by atoms with Crippen LogP contribution in [0.3, 0.4) is 0 Å². The molecule has 26 heteroatoms. The molecule has 24 nitrogen and oxygen atoms in total. The monoisotopic (exact) mass is 1040 g/mol. The SMILES string of the molecule is O=C(CCCCCCC(=O)Nc1ccc(S[C@@H]2O[C@H](CO)[C@@H](O[C@@H]3O[C@H](CO)[C@@H](O)[C@H](O)[C@H]3O)[C@H](O)[C@H]2O)cc1)Nc1ccc(S[C@@H]2O[C@H](CO)[C@@H](O[C@@H]3O[C@H](CO)[C@@H](O)[C@H](O)[C@H]3O)[C@H](O)[C@H]2O)cc1. The van der Waals surface area contributed by atoms with Crippen LogP contribution >= 0.6 is 23.5 Å². The van der Waals surface area contributed by atoms with E-state index in [1.165, 1.54) is 0 Å². The van der Waals surface area contributed by atoms with Gasteiger partial charge in [0.05, 0.1) is 26.4 Å². The summed E-state index contributed by atoms with van der Waals surface area (Å²) in [5, 5.41) is 149. The molecular weight excluding hydrogens is 973 g/mol. The van der Waals surface area contributed by atoms with E-state index in [-0.39, 0.29) is 24.7 Å². The Morgan fingerprint density at radius 3 is 1.10 bits per heavy atom. The molecule has 0 bridgehead atoms. The van der Waals surface area contributed by atoms with Gasteiger partial charge in [0, 0.05) is 34.0 Å². The molecule has 20 atom stereocenters. The first-order chi connectivity index (χ1) is 33.5. The summed E-state index contributed by atoms with van der Waals surface area (Å²) in [5.41, 5.74) is -1.14. The van der Waals surface area contributed by atoms with Gasteiger partial charge in [0.1, 0.15) is 109 Å². The normalized spacial score (nSPS) is 38.0. The molecule has 0 unspecified atom stereocenters. The first-order valence-corrected chi connectivity index (χ1v) is 24.5. The number of amides is 2. The Kier molecular flexibility index (Phi) is 21.4. The topological polar surface area (TPSA) is 397 Å². The van der Waals surface area contributed by atoms with Gasteiger partial charge >= 0.3 is 0 Å². The number of anilines is 2. The van der Waals surface area contributed by atoms with Crippen LogP contribution < -0.4 is 10.6 Å². The highest BCUT2D eigenvalue weighted by molar-refractivity contribution is 8.00. The van der Waals surface area contributed by atoms with Crippen LogP contribution in [0, 0.1) is 0 Å². The number of ether oxygens (including phenoxy) is 6. The van der Waals surface area contributed by atoms with E-state index in [4.69, 9.17) is 28.4 Å². The summed E-state index contributed by atoms with van der Waals surface area (Å²) in [6, 6.07) is 13.2. The molecule has 70 heavy (non-hydrogen) atoms. The lowest BCUT2D eigenvalue weighted by Gasteiger charge is -2.46. The molecule has 0 saturated carbocycles. The summed E-state index contributed by atoms with van der Waals surface area (Å²) in [6.45, 7) is -2.75. The average Bonchev–Trinajstić information content (AvgIpc) is 3.35. The summed E-state index contributed by atoms with van der Waals surface area (Å²) in [4.78, 5) is 26.5. The van der Waals surface area contributed by atoms with E-state index >= 15 is 0 Å². The van der Waals surface area contributed by atoms with E-state index in [0.717, 1.165) is 23.5 Å². The highest BCUT2D eigenvalue weighted by atomic mass is 32.2. The number of hydrogen-bond acceptors (Lipinski definition) is 24. The molecule has 2 aromatic rings. The van der Waals surface area contributed by atoms with Gasteiger partial charge in [-0.3, -0.25) is 9.59 Å². The molecule has 0 aliphatic carbocycles. The van der Waals surface area contributed by atoms with Crippen molar-refractivity contribution >= 4 is 46.7 Å². The molecule has 16 N–H and O–H groups in total. The van der Waals surface area contributed by atoms with Crippen molar-refractivity contribution in [3.8, 4) is 0 Å². The zero-order valence-electron chi connectivity index (χ0n) is 37.6. The van der Waals surface area contributed by atoms with Gasteiger partial charge in [0.15, 0.2) is 12.6 Å². The lowest BCUT2D eigenvalue weighted by atomic mass is 9.97. The van der Waals surface area contributed by atoms with Crippen LogP contribution in [0.2, 0.25) is 0 Å². The summed E-state index contributed by atoms with van der Waals surface area (Å²) in [5.74, 6) is -0.437. The van der Waals surface area contributed by atoms with Crippen LogP contribution in [0.1, 0.15) is 38.5 Å². The predicted molar refractivity (Wildman–Crippen MR) is 242 cm³/mol. The highest BCUT2D eigenvalue weighted by Gasteiger charge is 2.52. The molecule has 0 radical (unpaired) electrons. The Balaban J connectivity index is 0.855. The van der Waals surface area contributed by atoms with Gasteiger partial charge in [-0.15, -0.1) is 0 Å². The van der Waals surface area contributed by atoms with Crippen molar-refractivity contribution in [1.82, 2.24) is 0 Å². The molecule has 6 rings (SSSR count). The van der Waals surface area contributed by atoms with Crippen molar-refractivity contribution in [1.29, 1.82) is 0 Å². The second-order valence-electron chi connectivity index (χ2n) is 17.3. The van der Waals surface area contributed by atoms with Crippen molar-refractivity contribution in [2.75, 3.05) is 37.1 Å². The summed E-state index contributed by atoms with van der Waals surface area (Å²) < 4.78 is 33.5. The number of unbranched alkanes of at least 4 members (excludes halogenated alkanes) is 3. The Hall–Kier alpha value is -2.72. The molecule has 394 valence electrons. The molecule has 0 aromatic heterocycles. The number of aliphatic hydroxyl groups excluding tert-OH is 14. The molecule has 2 aromatic carbocycles. The molecular formula is C44H64N2O22S2. The van der Waals surface area contributed by atoms with Gasteiger partial charge in [-0.1, -0.05) is 36.4 Å². The Morgan fingerprint density at radius 2 is 0.771 bits per heavy atom. The third-order valence-electron chi connectivity index (χ3n) is 12.3. The van der Waals surface area contributed by atoms with E-state index in [0.29, 0.717) is 46.8 Å². The fourth-order valence-corrected chi connectivity index (χ4v) is 10.3. The first-order valence-electron chi connectivity index (χ1n) is 22.8. The molecule has 0 spiro atoms. The van der Waals surface area contributed by atoms with E-state index < -0.39 is 148 Å². The smallest absolute Gasteiger partial charge is 0.224 e. The molecule has 4 saturated heterocycles. The van der Waals surface area contributed by atoms with Gasteiger partial charge in [0.25, 0.3) is 0 Å². The fraction of sp³-hybridized carbons (Fsp3) is 0.682. The summed E-state index contributed by atoms with van der Waals surface area (Å²) in [7, 11) is 0. The molecule has 4 heterocycles. The Bertz CT molecular complexity index is 1790. The predicted octanol–water partition coefficient (Wildman–Crippen LogP) is -3.96. The standard InChI is InChI=1S/C44H64N2O22S2/c47-15-23-29(53)31(55)35(59)41(63-23)67-39-25(17-49)65-43(37(61)33(39)57)69-21-11-7-19(8-12-21)45-27(51)5-3-1-2-4-6-28(52)46-20-9-13-22(14-10-20)70-44-38(62)34(58)40(26(18-50)66-44)68-42-36(60)32(56)30(54)24(16-48)64-42/h7-14,23-26,29-44,47-50,53-62H,1-6,15-18H2,(H,45,51)(H,46,52)/t23-,24-,25-,26-,29-,30-,31+,32+,33-,34-,35-,36-,37-,38-,39-,40-,41+,42+,43+,44+/m1/s1. The quantitative estimate of drug-likeness (QED) is 0.0531. The number of carbonyl (C=O) groups is 2. The van der Waals surface area contributed by atoms with Crippen LogP contribution in [0.15, 0.2) is 58.3 Å². The lowest BCUT2D eigenvalue weighted by molar-refractivity contribution is -0.338. The number of thioether (sulfide) groups is 2. The number of rotatable bonds is 21. The van der Waals surface area contributed by atoms with Crippen LogP contribution in [-0.4, -0.2) is 231 Å².